The Bertz CT molecular complexity index is 1160. The summed E-state index contributed by atoms with van der Waals surface area (Å²) in [6, 6.07) is 14.8. The van der Waals surface area contributed by atoms with Gasteiger partial charge in [0, 0.05) is 56.0 Å². The quantitative estimate of drug-likeness (QED) is 0.543. The fraction of sp³-hybridized carbons (Fsp3) is 0.385. The minimum Gasteiger partial charge on any atom is -0.423 e. The molecule has 1 amide bonds. The molecule has 6 heteroatoms. The van der Waals surface area contributed by atoms with E-state index in [9.17, 15) is 9.59 Å². The fourth-order valence-corrected chi connectivity index (χ4v) is 4.48. The Balaban J connectivity index is 1.71. The van der Waals surface area contributed by atoms with Crippen LogP contribution in [-0.4, -0.2) is 50.7 Å². The summed E-state index contributed by atoms with van der Waals surface area (Å²) < 4.78 is 11.0. The van der Waals surface area contributed by atoms with Crippen LogP contribution in [0.2, 0.25) is 0 Å². The van der Waals surface area contributed by atoms with Crippen molar-refractivity contribution >= 4 is 22.6 Å². The number of nitrogens with zero attached hydrogens (tertiary/aromatic N) is 2. The Morgan fingerprint density at radius 2 is 1.84 bits per heavy atom. The van der Waals surface area contributed by atoms with Crippen molar-refractivity contribution in [3.05, 3.63) is 64.5 Å². The molecule has 168 valence electrons. The van der Waals surface area contributed by atoms with Crippen LogP contribution in [0.15, 0.2) is 57.7 Å². The molecular formula is C26H30N2O4. The van der Waals surface area contributed by atoms with Crippen LogP contribution >= 0.6 is 0 Å². The topological polar surface area (TPSA) is 63.0 Å². The summed E-state index contributed by atoms with van der Waals surface area (Å²) in [5.41, 5.74) is 3.85. The highest BCUT2D eigenvalue weighted by Gasteiger charge is 2.29. The van der Waals surface area contributed by atoms with Gasteiger partial charge in [0.05, 0.1) is 6.61 Å². The van der Waals surface area contributed by atoms with Gasteiger partial charge in [-0.25, -0.2) is 4.79 Å². The number of amides is 1. The van der Waals surface area contributed by atoms with E-state index in [-0.39, 0.29) is 12.5 Å². The number of carbonyl (C=O) groups is 1. The summed E-state index contributed by atoms with van der Waals surface area (Å²) >= 11 is 0. The molecular weight excluding hydrogens is 404 g/mol. The number of aryl methyl sites for hydroxylation is 1. The normalized spacial score (nSPS) is 15.0. The largest absolute Gasteiger partial charge is 0.423 e. The summed E-state index contributed by atoms with van der Waals surface area (Å²) in [5, 5.41) is 0.863. The van der Waals surface area contributed by atoms with Gasteiger partial charge in [-0.15, -0.1) is 0 Å². The van der Waals surface area contributed by atoms with Crippen LogP contribution in [0, 0.1) is 6.92 Å². The van der Waals surface area contributed by atoms with E-state index in [1.807, 2.05) is 66.2 Å². The molecule has 2 heterocycles. The molecule has 0 spiro atoms. The van der Waals surface area contributed by atoms with Gasteiger partial charge in [0.15, 0.2) is 0 Å². The first kappa shape index (κ1) is 22.1. The predicted molar refractivity (Wildman–Crippen MR) is 127 cm³/mol. The number of likely N-dealkylation sites (N-methyl/N-ethyl adjacent to an activating group) is 1. The van der Waals surface area contributed by atoms with E-state index in [2.05, 4.69) is 0 Å². The zero-order valence-corrected chi connectivity index (χ0v) is 19.0. The van der Waals surface area contributed by atoms with Gasteiger partial charge in [-0.2, -0.15) is 0 Å². The van der Waals surface area contributed by atoms with Gasteiger partial charge in [0.25, 0.3) is 0 Å². The molecule has 0 saturated carbocycles. The first-order valence-electron chi connectivity index (χ1n) is 11.1. The van der Waals surface area contributed by atoms with Crippen molar-refractivity contribution in [2.24, 2.45) is 0 Å². The first-order valence-corrected chi connectivity index (χ1v) is 11.1. The highest BCUT2D eigenvalue weighted by atomic mass is 16.5. The molecule has 2 aromatic carbocycles. The number of rotatable bonds is 6. The number of benzene rings is 2. The van der Waals surface area contributed by atoms with Crippen LogP contribution in [0.1, 0.15) is 24.8 Å². The van der Waals surface area contributed by atoms with E-state index in [4.69, 9.17) is 9.15 Å². The van der Waals surface area contributed by atoms with Crippen molar-refractivity contribution in [3.8, 4) is 11.1 Å². The Hall–Kier alpha value is -3.12. The third-order valence-electron chi connectivity index (χ3n) is 6.32. The lowest BCUT2D eigenvalue weighted by Gasteiger charge is -2.35. The van der Waals surface area contributed by atoms with Crippen molar-refractivity contribution in [3.63, 3.8) is 0 Å². The molecule has 0 radical (unpaired) electrons. The molecule has 0 bridgehead atoms. The van der Waals surface area contributed by atoms with Gasteiger partial charge in [-0.05, 0) is 49.4 Å². The van der Waals surface area contributed by atoms with Crippen molar-refractivity contribution < 1.29 is 13.9 Å². The highest BCUT2D eigenvalue weighted by Crippen LogP contribution is 2.32. The Morgan fingerprint density at radius 1 is 1.09 bits per heavy atom. The van der Waals surface area contributed by atoms with E-state index in [1.165, 1.54) is 6.42 Å². The molecule has 0 N–H and O–H groups in total. The third-order valence-corrected chi connectivity index (χ3v) is 6.32. The van der Waals surface area contributed by atoms with Gasteiger partial charge in [0.1, 0.15) is 11.6 Å². The lowest BCUT2D eigenvalue weighted by Crippen LogP contribution is -2.51. The van der Waals surface area contributed by atoms with E-state index >= 15 is 0 Å². The summed E-state index contributed by atoms with van der Waals surface area (Å²) in [7, 11) is 3.49. The number of fused-ring (bicyclic) bond motifs is 1. The number of anilines is 1. The maximum Gasteiger partial charge on any atom is 0.336 e. The molecule has 6 nitrogen and oxygen atoms in total. The Morgan fingerprint density at radius 3 is 2.56 bits per heavy atom. The molecule has 1 atom stereocenters. The zero-order valence-electron chi connectivity index (χ0n) is 19.0. The monoisotopic (exact) mass is 434 g/mol. The van der Waals surface area contributed by atoms with Crippen molar-refractivity contribution in [1.29, 1.82) is 0 Å². The molecule has 1 saturated heterocycles. The molecule has 0 aliphatic carbocycles. The number of piperidine rings is 1. The lowest BCUT2D eigenvalue weighted by molar-refractivity contribution is -0.134. The van der Waals surface area contributed by atoms with Crippen LogP contribution in [-0.2, 0) is 9.53 Å². The second-order valence-electron chi connectivity index (χ2n) is 8.44. The first-order chi connectivity index (χ1) is 15.5. The smallest absolute Gasteiger partial charge is 0.336 e. The van der Waals surface area contributed by atoms with Crippen molar-refractivity contribution in [1.82, 2.24) is 4.90 Å². The van der Waals surface area contributed by atoms with E-state index in [0.717, 1.165) is 53.7 Å². The molecule has 1 aliphatic heterocycles. The second kappa shape index (κ2) is 9.57. The van der Waals surface area contributed by atoms with Gasteiger partial charge < -0.3 is 19.0 Å². The fourth-order valence-electron chi connectivity index (χ4n) is 4.48. The second-order valence-corrected chi connectivity index (χ2v) is 8.44. The lowest BCUT2D eigenvalue weighted by atomic mass is 9.97. The van der Waals surface area contributed by atoms with Crippen LogP contribution in [0.25, 0.3) is 22.1 Å². The van der Waals surface area contributed by atoms with Crippen molar-refractivity contribution in [2.75, 3.05) is 38.8 Å². The molecule has 32 heavy (non-hydrogen) atoms. The zero-order chi connectivity index (χ0) is 22.7. The van der Waals surface area contributed by atoms with Gasteiger partial charge >= 0.3 is 5.63 Å². The molecule has 1 unspecified atom stereocenters. The molecule has 1 fully saturated rings. The number of hydrogen-bond donors (Lipinski definition) is 0. The molecule has 4 rings (SSSR count). The minimum absolute atomic E-state index is 0.0734. The average molecular weight is 435 g/mol. The summed E-state index contributed by atoms with van der Waals surface area (Å²) in [6.45, 7) is 3.90. The van der Waals surface area contributed by atoms with Crippen molar-refractivity contribution in [2.45, 2.75) is 32.2 Å². The summed E-state index contributed by atoms with van der Waals surface area (Å²) in [5.74, 6) is 0.0734. The maximum absolute atomic E-state index is 13.2. The Kier molecular flexibility index (Phi) is 6.61. The number of methoxy groups -OCH3 is 1. The highest BCUT2D eigenvalue weighted by molar-refractivity contribution is 5.96. The van der Waals surface area contributed by atoms with E-state index in [1.54, 1.807) is 13.2 Å². The van der Waals surface area contributed by atoms with E-state index < -0.39 is 11.7 Å². The number of hydrogen-bond acceptors (Lipinski definition) is 5. The molecule has 3 aromatic rings. The van der Waals surface area contributed by atoms with Crippen LogP contribution < -0.4 is 10.5 Å². The van der Waals surface area contributed by atoms with Crippen LogP contribution in [0.5, 0.6) is 0 Å². The number of carbonyl (C=O) groups excluding carboxylic acids is 1. The summed E-state index contributed by atoms with van der Waals surface area (Å²) in [6.07, 6.45) is 3.25. The third kappa shape index (κ3) is 4.41. The molecule has 1 aromatic heterocycles. The molecule has 1 aliphatic rings. The van der Waals surface area contributed by atoms with Crippen LogP contribution in [0.3, 0.4) is 0 Å². The predicted octanol–water partition coefficient (Wildman–Crippen LogP) is 4.23. The number of ether oxygens (including phenoxy) is 1. The van der Waals surface area contributed by atoms with Gasteiger partial charge in [0.2, 0.25) is 5.91 Å². The maximum atomic E-state index is 13.2. The average Bonchev–Trinajstić information content (AvgIpc) is 2.81. The van der Waals surface area contributed by atoms with E-state index in [0.29, 0.717) is 5.58 Å². The number of likely N-dealkylation sites (tertiary alicyclic amines) is 1. The van der Waals surface area contributed by atoms with Crippen LogP contribution in [0.4, 0.5) is 5.69 Å². The van der Waals surface area contributed by atoms with Gasteiger partial charge in [-0.1, -0.05) is 24.3 Å². The minimum atomic E-state index is -0.443. The SMILES string of the molecule is COCC(C(=O)N1CCCCC1)N(C)c1ccc2c(-c3ccccc3C)cc(=O)oc2c1. The standard InChI is InChI=1S/C26H30N2O4/c1-18-9-5-6-10-20(18)22-16-25(29)32-24-15-19(11-12-21(22)24)27(2)23(17-31-3)26(30)28-13-7-4-8-14-28/h5-6,9-12,15-16,23H,4,7-8,13-14,17H2,1-3H3. The summed E-state index contributed by atoms with van der Waals surface area (Å²) in [4.78, 5) is 29.4. The van der Waals surface area contributed by atoms with Gasteiger partial charge in [-0.3, -0.25) is 4.79 Å². The Labute approximate surface area is 188 Å².